The molecule has 3 aromatic heterocycles. The zero-order valence-electron chi connectivity index (χ0n) is 28.9. The van der Waals surface area contributed by atoms with Crippen LogP contribution in [0.25, 0.3) is 0 Å². The van der Waals surface area contributed by atoms with Gasteiger partial charge < -0.3 is 15.0 Å². The summed E-state index contributed by atoms with van der Waals surface area (Å²) < 4.78 is 7.94. The Balaban J connectivity index is 0.000000771. The molecule has 0 aliphatic carbocycles. The second-order valence-electron chi connectivity index (χ2n) is 14.4. The molecule has 256 valence electrons. The first kappa shape index (κ1) is 38.7. The predicted molar refractivity (Wildman–Crippen MR) is 195 cm³/mol. The van der Waals surface area contributed by atoms with E-state index in [9.17, 15) is 9.59 Å². The second-order valence-corrected chi connectivity index (χ2v) is 16.4. The molecule has 0 spiro atoms. The van der Waals surface area contributed by atoms with E-state index in [4.69, 9.17) is 21.6 Å². The Morgan fingerprint density at radius 1 is 1.17 bits per heavy atom. The van der Waals surface area contributed by atoms with E-state index in [0.29, 0.717) is 27.6 Å². The zero-order valence-corrected chi connectivity index (χ0v) is 32.0. The molecule has 1 aliphatic rings. The van der Waals surface area contributed by atoms with Gasteiger partial charge >= 0.3 is 0 Å². The van der Waals surface area contributed by atoms with Crippen LogP contribution in [0.5, 0.6) is 0 Å². The van der Waals surface area contributed by atoms with E-state index < -0.39 is 0 Å². The maximum atomic E-state index is 12.7. The summed E-state index contributed by atoms with van der Waals surface area (Å²) in [5.41, 5.74) is 2.52. The number of hydrogen-bond donors (Lipinski definition) is 2. The maximum Gasteiger partial charge on any atom is 0.293 e. The van der Waals surface area contributed by atoms with Gasteiger partial charge in [0.2, 0.25) is 0 Å². The number of carbonyl (C=O) groups excluding carboxylic acids is 2. The average molecular weight is 748 g/mol. The summed E-state index contributed by atoms with van der Waals surface area (Å²) in [6.45, 7) is 18.3. The molecule has 1 saturated heterocycles. The van der Waals surface area contributed by atoms with Gasteiger partial charge in [0.25, 0.3) is 12.4 Å². The van der Waals surface area contributed by atoms with Crippen LogP contribution in [0.4, 0.5) is 5.82 Å². The molecule has 9 nitrogen and oxygen atoms in total. The summed E-state index contributed by atoms with van der Waals surface area (Å²) >= 11 is 10.5. The first-order valence-electron chi connectivity index (χ1n) is 15.7. The lowest BCUT2D eigenvalue weighted by Gasteiger charge is -2.26. The second kappa shape index (κ2) is 16.6. The predicted octanol–water partition coefficient (Wildman–Crippen LogP) is 8.64. The highest BCUT2D eigenvalue weighted by Gasteiger charge is 2.35. The normalized spacial score (nSPS) is 16.9. The fourth-order valence-electron chi connectivity index (χ4n) is 5.17. The van der Waals surface area contributed by atoms with Crippen LogP contribution in [-0.4, -0.2) is 57.0 Å². The van der Waals surface area contributed by atoms with Crippen LogP contribution in [0.2, 0.25) is 5.15 Å². The minimum Gasteiger partial charge on any atom is -0.462 e. The van der Waals surface area contributed by atoms with Crippen molar-refractivity contribution in [1.29, 1.82) is 0 Å². The van der Waals surface area contributed by atoms with Crippen molar-refractivity contribution in [3.05, 3.63) is 75.2 Å². The molecule has 0 radical (unpaired) electrons. The Morgan fingerprint density at radius 2 is 1.89 bits per heavy atom. The van der Waals surface area contributed by atoms with Gasteiger partial charge in [-0.25, -0.2) is 9.97 Å². The van der Waals surface area contributed by atoms with Crippen molar-refractivity contribution in [2.45, 2.75) is 102 Å². The van der Waals surface area contributed by atoms with Crippen LogP contribution in [0, 0.1) is 5.92 Å². The fourth-order valence-corrected chi connectivity index (χ4v) is 6.42. The Morgan fingerprint density at radius 3 is 2.47 bits per heavy atom. The number of anilines is 1. The molecule has 12 heteroatoms. The smallest absolute Gasteiger partial charge is 0.293 e. The van der Waals surface area contributed by atoms with E-state index in [1.54, 1.807) is 12.1 Å². The molecule has 1 amide bonds. The number of hydrogen-bond acceptors (Lipinski definition) is 9. The van der Waals surface area contributed by atoms with Crippen LogP contribution in [0.15, 0.2) is 58.3 Å². The van der Waals surface area contributed by atoms with Crippen LogP contribution in [0.3, 0.4) is 0 Å². The number of pyridine rings is 3. The molecule has 1 fully saturated rings. The minimum atomic E-state index is -0.333. The minimum absolute atomic E-state index is 0.00584. The molecule has 0 bridgehead atoms. The van der Waals surface area contributed by atoms with Crippen molar-refractivity contribution in [1.82, 2.24) is 24.6 Å². The van der Waals surface area contributed by atoms with Crippen molar-refractivity contribution in [3.8, 4) is 0 Å². The Hall–Kier alpha value is -2.73. The lowest BCUT2D eigenvalue weighted by molar-refractivity contribution is -0.138. The fraction of sp³-hybridized carbons (Fsp3) is 0.514. The summed E-state index contributed by atoms with van der Waals surface area (Å²) in [4.78, 5) is 38.4. The summed E-state index contributed by atoms with van der Waals surface area (Å²) in [5.74, 6) is 1.04. The van der Waals surface area contributed by atoms with Gasteiger partial charge in [-0.05, 0) is 130 Å². The number of halogens is 2. The molecule has 1 aliphatic heterocycles. The molecule has 0 aromatic carbocycles. The highest BCUT2D eigenvalue weighted by atomic mass is 79.9. The van der Waals surface area contributed by atoms with Crippen molar-refractivity contribution in [2.75, 3.05) is 18.9 Å². The largest absolute Gasteiger partial charge is 0.462 e. The molecule has 2 N–H and O–H groups in total. The quantitative estimate of drug-likeness (QED) is 0.120. The maximum absolute atomic E-state index is 12.7. The Bertz CT molecular complexity index is 1510. The SMILES string of the molecule is CC(C)(C)OC=O.CN1CC(CCC(Nc2cccc(SNC(=O)c3ccc(Br)nc3Cl)n2)c2cc(C(C)(C)C)ccn2)CC1(C)C. The summed E-state index contributed by atoms with van der Waals surface area (Å²) in [6.07, 6.45) is 5.14. The van der Waals surface area contributed by atoms with Crippen molar-refractivity contribution in [3.63, 3.8) is 0 Å². The van der Waals surface area contributed by atoms with Gasteiger partial charge in [0.1, 0.15) is 26.2 Å². The molecule has 47 heavy (non-hydrogen) atoms. The number of aromatic nitrogens is 3. The van der Waals surface area contributed by atoms with E-state index >= 15 is 0 Å². The van der Waals surface area contributed by atoms with Gasteiger partial charge in [0.15, 0.2) is 0 Å². The summed E-state index contributed by atoms with van der Waals surface area (Å²) in [7, 11) is 2.22. The lowest BCUT2D eigenvalue weighted by atomic mass is 9.86. The van der Waals surface area contributed by atoms with Gasteiger partial charge in [-0.1, -0.05) is 38.4 Å². The molecule has 2 unspecified atom stereocenters. The number of carbonyl (C=O) groups is 2. The number of rotatable bonds is 10. The van der Waals surface area contributed by atoms with Gasteiger partial charge in [0, 0.05) is 30.2 Å². The molecular formula is C35H48BrClN6O3S. The van der Waals surface area contributed by atoms with E-state index in [2.05, 4.69) is 94.4 Å². The first-order valence-corrected chi connectivity index (χ1v) is 17.7. The molecule has 0 saturated carbocycles. The van der Waals surface area contributed by atoms with Crippen molar-refractivity contribution < 1.29 is 14.3 Å². The number of amides is 1. The summed E-state index contributed by atoms with van der Waals surface area (Å²) in [5, 5.41) is 4.46. The van der Waals surface area contributed by atoms with Crippen molar-refractivity contribution in [2.24, 2.45) is 5.92 Å². The van der Waals surface area contributed by atoms with Gasteiger partial charge in [-0.15, -0.1) is 0 Å². The third kappa shape index (κ3) is 12.3. The third-order valence-corrected chi connectivity index (χ3v) is 9.43. The Labute approximate surface area is 297 Å². The average Bonchev–Trinajstić information content (AvgIpc) is 3.24. The molecule has 4 rings (SSSR count). The van der Waals surface area contributed by atoms with Crippen LogP contribution < -0.4 is 10.0 Å². The van der Waals surface area contributed by atoms with E-state index in [1.165, 1.54) is 12.0 Å². The van der Waals surface area contributed by atoms with E-state index in [0.717, 1.165) is 42.8 Å². The van der Waals surface area contributed by atoms with Gasteiger partial charge in [-0.3, -0.25) is 19.3 Å². The highest BCUT2D eigenvalue weighted by Crippen LogP contribution is 2.36. The number of likely N-dealkylation sites (tertiary alicyclic amines) is 1. The van der Waals surface area contributed by atoms with Gasteiger partial charge in [-0.2, -0.15) is 0 Å². The standard InChI is InChI=1S/C30H38BrClN6OS.C5H10O2/c1-29(2,3)20-14-15-33-23(16-20)22(12-10-19-17-30(4,5)38(6)18-19)34-25-8-7-9-26(36-25)40-37-28(39)21-11-13-24(31)35-27(21)32;1-5(2,3)7-4-6/h7-9,11,13-16,19,22H,10,12,17-18H2,1-6H3,(H,34,36)(H,37,39);4H,1-3H3. The third-order valence-electron chi connectivity index (χ3n) is 7.98. The molecule has 4 heterocycles. The number of nitrogens with zero attached hydrogens (tertiary/aromatic N) is 4. The topological polar surface area (TPSA) is 109 Å². The number of ether oxygens (including phenoxy) is 1. The van der Waals surface area contributed by atoms with Crippen LogP contribution >= 0.6 is 39.5 Å². The van der Waals surface area contributed by atoms with Crippen LogP contribution in [0.1, 0.15) is 102 Å². The molecule has 3 aromatic rings. The van der Waals surface area contributed by atoms with Crippen molar-refractivity contribution >= 4 is 57.7 Å². The molecule has 2 atom stereocenters. The van der Waals surface area contributed by atoms with Crippen LogP contribution in [-0.2, 0) is 14.9 Å². The molecular weight excluding hydrogens is 700 g/mol. The zero-order chi connectivity index (χ0) is 35.0. The first-order chi connectivity index (χ1) is 21.9. The monoisotopic (exact) mass is 746 g/mol. The van der Waals surface area contributed by atoms with E-state index in [-0.39, 0.29) is 33.7 Å². The van der Waals surface area contributed by atoms with E-state index in [1.807, 2.05) is 45.2 Å². The lowest BCUT2D eigenvalue weighted by Crippen LogP contribution is -2.34. The van der Waals surface area contributed by atoms with Gasteiger partial charge in [0.05, 0.1) is 17.3 Å². The highest BCUT2D eigenvalue weighted by molar-refractivity contribution is 9.10. The summed E-state index contributed by atoms with van der Waals surface area (Å²) in [6, 6.07) is 13.4. The number of nitrogens with one attached hydrogen (secondary N) is 2. The Kier molecular flexibility index (Phi) is 13.7.